The summed E-state index contributed by atoms with van der Waals surface area (Å²) in [6, 6.07) is 5.66. The molecule has 0 aliphatic heterocycles. The van der Waals surface area contributed by atoms with Crippen LogP contribution in [0.2, 0.25) is 0 Å². The van der Waals surface area contributed by atoms with E-state index in [1.165, 1.54) is 0 Å². The highest BCUT2D eigenvalue weighted by Crippen LogP contribution is 2.46. The highest BCUT2D eigenvalue weighted by molar-refractivity contribution is 5.88. The quantitative estimate of drug-likeness (QED) is 0.686. The number of ether oxygens (including phenoxy) is 3. The molecule has 0 N–H and O–H groups in total. The third kappa shape index (κ3) is 3.51. The fraction of sp³-hybridized carbons (Fsp3) is 0.562. The van der Waals surface area contributed by atoms with Gasteiger partial charge >= 0.3 is 0 Å². The second-order valence-corrected chi connectivity index (χ2v) is 5.49. The Kier molecular flexibility index (Phi) is 4.65. The summed E-state index contributed by atoms with van der Waals surface area (Å²) in [7, 11) is 3.24. The van der Waals surface area contributed by atoms with Crippen molar-refractivity contribution in [3.05, 3.63) is 23.8 Å². The van der Waals surface area contributed by atoms with E-state index in [0.717, 1.165) is 18.4 Å². The Balaban J connectivity index is 2.05. The van der Waals surface area contributed by atoms with Crippen molar-refractivity contribution < 1.29 is 19.0 Å². The first-order chi connectivity index (χ1) is 9.59. The van der Waals surface area contributed by atoms with Crippen LogP contribution in [0.5, 0.6) is 11.5 Å². The van der Waals surface area contributed by atoms with Gasteiger partial charge in [0.05, 0.1) is 13.7 Å². The number of rotatable bonds is 8. The van der Waals surface area contributed by atoms with Gasteiger partial charge in [-0.05, 0) is 30.5 Å². The van der Waals surface area contributed by atoms with Crippen molar-refractivity contribution in [2.24, 2.45) is 5.41 Å². The van der Waals surface area contributed by atoms with Crippen molar-refractivity contribution in [3.63, 3.8) is 0 Å². The van der Waals surface area contributed by atoms with Crippen LogP contribution in [-0.4, -0.2) is 33.2 Å². The summed E-state index contributed by atoms with van der Waals surface area (Å²) >= 11 is 0. The first-order valence-electron chi connectivity index (χ1n) is 6.91. The summed E-state index contributed by atoms with van der Waals surface area (Å²) < 4.78 is 15.9. The number of benzene rings is 1. The van der Waals surface area contributed by atoms with E-state index in [-0.39, 0.29) is 5.41 Å². The van der Waals surface area contributed by atoms with E-state index in [1.807, 2.05) is 25.1 Å². The van der Waals surface area contributed by atoms with Crippen LogP contribution in [0.3, 0.4) is 0 Å². The summed E-state index contributed by atoms with van der Waals surface area (Å²) in [4.78, 5) is 12.1. The van der Waals surface area contributed by atoms with Crippen molar-refractivity contribution in [1.82, 2.24) is 0 Å². The summed E-state index contributed by atoms with van der Waals surface area (Å²) in [5.41, 5.74) is 0.883. The lowest BCUT2D eigenvalue weighted by Crippen LogP contribution is -2.14. The Labute approximate surface area is 120 Å². The molecule has 1 fully saturated rings. The number of carbonyl (C=O) groups is 1. The zero-order valence-corrected chi connectivity index (χ0v) is 12.4. The summed E-state index contributed by atoms with van der Waals surface area (Å²) in [6.07, 6.45) is 2.49. The van der Waals surface area contributed by atoms with Crippen LogP contribution >= 0.6 is 0 Å². The summed E-state index contributed by atoms with van der Waals surface area (Å²) in [5.74, 6) is 1.65. The van der Waals surface area contributed by atoms with Crippen molar-refractivity contribution in [2.75, 3.05) is 27.4 Å². The van der Waals surface area contributed by atoms with Gasteiger partial charge in [-0.3, -0.25) is 4.79 Å². The Morgan fingerprint density at radius 3 is 2.55 bits per heavy atom. The second-order valence-electron chi connectivity index (χ2n) is 5.49. The molecule has 0 amide bonds. The van der Waals surface area contributed by atoms with Gasteiger partial charge < -0.3 is 14.2 Å². The number of hydrogen-bond acceptors (Lipinski definition) is 4. The van der Waals surface area contributed by atoms with Gasteiger partial charge in [0.2, 0.25) is 0 Å². The fourth-order valence-corrected chi connectivity index (χ4v) is 2.04. The van der Waals surface area contributed by atoms with Crippen LogP contribution in [-0.2, 0) is 16.0 Å². The van der Waals surface area contributed by atoms with Gasteiger partial charge in [0.25, 0.3) is 0 Å². The largest absolute Gasteiger partial charge is 0.493 e. The third-order valence-electron chi connectivity index (χ3n) is 3.81. The van der Waals surface area contributed by atoms with Gasteiger partial charge in [-0.25, -0.2) is 0 Å². The van der Waals surface area contributed by atoms with Crippen molar-refractivity contribution in [1.29, 1.82) is 0 Å². The molecule has 0 spiro atoms. The zero-order valence-electron chi connectivity index (χ0n) is 12.4. The van der Waals surface area contributed by atoms with Crippen LogP contribution in [0.15, 0.2) is 18.2 Å². The molecule has 0 radical (unpaired) electrons. The molecule has 2 rings (SSSR count). The third-order valence-corrected chi connectivity index (χ3v) is 3.81. The van der Waals surface area contributed by atoms with Gasteiger partial charge in [0, 0.05) is 18.9 Å². The molecular weight excluding hydrogens is 256 g/mol. The summed E-state index contributed by atoms with van der Waals surface area (Å²) in [6.45, 7) is 3.02. The van der Waals surface area contributed by atoms with Gasteiger partial charge in [0.1, 0.15) is 12.4 Å². The smallest absolute Gasteiger partial charge is 0.161 e. The van der Waals surface area contributed by atoms with E-state index in [4.69, 9.17) is 14.2 Å². The molecule has 0 saturated heterocycles. The average molecular weight is 278 g/mol. The molecule has 1 aromatic carbocycles. The Morgan fingerprint density at radius 2 is 1.95 bits per heavy atom. The molecule has 1 aliphatic rings. The highest BCUT2D eigenvalue weighted by atomic mass is 16.5. The number of ketones is 1. The molecule has 4 heteroatoms. The molecule has 0 unspecified atom stereocenters. The van der Waals surface area contributed by atoms with E-state index in [0.29, 0.717) is 36.9 Å². The molecule has 0 bridgehead atoms. The Hall–Kier alpha value is -1.55. The fourth-order valence-electron chi connectivity index (χ4n) is 2.04. The van der Waals surface area contributed by atoms with Crippen molar-refractivity contribution in [3.8, 4) is 11.5 Å². The molecule has 0 heterocycles. The lowest BCUT2D eigenvalue weighted by atomic mass is 9.97. The standard InChI is InChI=1S/C16H22O4/c1-16(6-7-16)15(17)11-12-4-5-13(19-3)14(10-12)20-9-8-18-2/h4-5,10H,6-9,11H2,1-3H3. The SMILES string of the molecule is COCCOc1cc(CC(=O)C2(C)CC2)ccc1OC. The van der Waals surface area contributed by atoms with E-state index in [2.05, 4.69) is 0 Å². The summed E-state index contributed by atoms with van der Waals surface area (Å²) in [5, 5.41) is 0. The maximum Gasteiger partial charge on any atom is 0.161 e. The van der Waals surface area contributed by atoms with Crippen LogP contribution in [0.4, 0.5) is 0 Å². The van der Waals surface area contributed by atoms with Gasteiger partial charge in [-0.2, -0.15) is 0 Å². The topological polar surface area (TPSA) is 44.8 Å². The lowest BCUT2D eigenvalue weighted by Gasteiger charge is -2.13. The predicted molar refractivity (Wildman–Crippen MR) is 76.4 cm³/mol. The van der Waals surface area contributed by atoms with E-state index < -0.39 is 0 Å². The minimum atomic E-state index is -0.0863. The van der Waals surface area contributed by atoms with Gasteiger partial charge in [-0.1, -0.05) is 13.0 Å². The van der Waals surface area contributed by atoms with Crippen molar-refractivity contribution in [2.45, 2.75) is 26.2 Å². The number of hydrogen-bond donors (Lipinski definition) is 0. The molecule has 0 aromatic heterocycles. The average Bonchev–Trinajstić information content (AvgIpc) is 3.19. The number of methoxy groups -OCH3 is 2. The highest BCUT2D eigenvalue weighted by Gasteiger charge is 2.43. The molecule has 20 heavy (non-hydrogen) atoms. The van der Waals surface area contributed by atoms with Crippen LogP contribution in [0, 0.1) is 5.41 Å². The molecule has 1 aromatic rings. The lowest BCUT2D eigenvalue weighted by molar-refractivity contribution is -0.122. The number of Topliss-reactive ketones (excluding diaryl/α,β-unsaturated/α-hetero) is 1. The Morgan fingerprint density at radius 1 is 1.20 bits per heavy atom. The molecule has 1 aliphatic carbocycles. The van der Waals surface area contributed by atoms with Gasteiger partial charge in [0.15, 0.2) is 11.5 Å². The van der Waals surface area contributed by atoms with Crippen LogP contribution in [0.1, 0.15) is 25.3 Å². The normalized spacial score (nSPS) is 15.8. The molecule has 1 saturated carbocycles. The molecule has 0 atom stereocenters. The molecule has 110 valence electrons. The second kappa shape index (κ2) is 6.27. The van der Waals surface area contributed by atoms with Crippen LogP contribution < -0.4 is 9.47 Å². The zero-order chi connectivity index (χ0) is 14.6. The maximum atomic E-state index is 12.1. The number of carbonyl (C=O) groups excluding carboxylic acids is 1. The maximum absolute atomic E-state index is 12.1. The first kappa shape index (κ1) is 14.9. The minimum absolute atomic E-state index is 0.0863. The molecule has 4 nitrogen and oxygen atoms in total. The minimum Gasteiger partial charge on any atom is -0.493 e. The Bertz CT molecular complexity index is 477. The monoisotopic (exact) mass is 278 g/mol. The first-order valence-corrected chi connectivity index (χ1v) is 6.91. The van der Waals surface area contributed by atoms with E-state index in [9.17, 15) is 4.79 Å². The molecular formula is C16H22O4. The van der Waals surface area contributed by atoms with Crippen molar-refractivity contribution >= 4 is 5.78 Å². The van der Waals surface area contributed by atoms with Gasteiger partial charge in [-0.15, -0.1) is 0 Å². The van der Waals surface area contributed by atoms with E-state index >= 15 is 0 Å². The van der Waals surface area contributed by atoms with Crippen LogP contribution in [0.25, 0.3) is 0 Å². The van der Waals surface area contributed by atoms with E-state index in [1.54, 1.807) is 14.2 Å². The predicted octanol–water partition coefficient (Wildman–Crippen LogP) is 2.63.